The molecular weight excluding hydrogens is 495 g/mol. The molecule has 0 saturated carbocycles. The second kappa shape index (κ2) is 13.7. The lowest BCUT2D eigenvalue weighted by molar-refractivity contribution is -0.145. The number of benzene rings is 3. The first-order valence-electron chi connectivity index (χ1n) is 11.4. The van der Waals surface area contributed by atoms with Crippen molar-refractivity contribution in [3.05, 3.63) is 102 Å². The molecule has 0 aliphatic rings. The number of carbonyl (C=O) groups excluding carboxylic acids is 4. The van der Waals surface area contributed by atoms with Gasteiger partial charge in [-0.2, -0.15) is 0 Å². The molecule has 0 bridgehead atoms. The van der Waals surface area contributed by atoms with Crippen molar-refractivity contribution in [2.45, 2.75) is 18.2 Å². The molecule has 2 amide bonds. The second-order valence-electron chi connectivity index (χ2n) is 7.69. The number of Topliss-reactive ketones (excluding diaryl/α,β-unsaturated/α-hetero) is 1. The van der Waals surface area contributed by atoms with E-state index < -0.39 is 23.6 Å². The van der Waals surface area contributed by atoms with Crippen LogP contribution >= 0.6 is 11.8 Å². The number of hydrogen-bond donors (Lipinski definition) is 2. The van der Waals surface area contributed by atoms with E-state index in [9.17, 15) is 23.6 Å². The van der Waals surface area contributed by atoms with Gasteiger partial charge in [0.05, 0.1) is 12.4 Å². The topological polar surface area (TPSA) is 102 Å². The molecule has 3 aromatic carbocycles. The highest BCUT2D eigenvalue weighted by molar-refractivity contribution is 8.00. The standard InChI is InChI=1S/C28H25FN2O5S/c1-2-36-26(33)17-22(32)18-37-23-14-12-21(13-15-23)30-28(35)25(16-20-10-6-7-11-24(20)29)31-27(34)19-8-4-3-5-9-19/h3-16H,2,17-18H2,1H3,(H,30,35)(H,31,34)/b25-16-. The van der Waals surface area contributed by atoms with Crippen molar-refractivity contribution >= 4 is 47.1 Å². The molecule has 0 atom stereocenters. The summed E-state index contributed by atoms with van der Waals surface area (Å²) in [5, 5.41) is 5.25. The Morgan fingerprint density at radius 2 is 1.59 bits per heavy atom. The van der Waals surface area contributed by atoms with Crippen LogP contribution in [0.5, 0.6) is 0 Å². The number of ether oxygens (including phenoxy) is 1. The number of anilines is 1. The smallest absolute Gasteiger partial charge is 0.313 e. The number of rotatable bonds is 11. The Bertz CT molecular complexity index is 1290. The Morgan fingerprint density at radius 3 is 2.27 bits per heavy atom. The minimum absolute atomic E-state index is 0.103. The summed E-state index contributed by atoms with van der Waals surface area (Å²) < 4.78 is 19.0. The number of amides is 2. The summed E-state index contributed by atoms with van der Waals surface area (Å²) in [6.45, 7) is 1.90. The SMILES string of the molecule is CCOC(=O)CC(=O)CSc1ccc(NC(=O)/C(=C/c2ccccc2F)NC(=O)c2ccccc2)cc1. The van der Waals surface area contributed by atoms with Crippen LogP contribution in [0.2, 0.25) is 0 Å². The van der Waals surface area contributed by atoms with Gasteiger partial charge in [0.1, 0.15) is 17.9 Å². The summed E-state index contributed by atoms with van der Waals surface area (Å²) in [5.74, 6) is -2.40. The highest BCUT2D eigenvalue weighted by Gasteiger charge is 2.16. The maximum atomic E-state index is 14.2. The van der Waals surface area contributed by atoms with Crippen molar-refractivity contribution < 1.29 is 28.3 Å². The van der Waals surface area contributed by atoms with Crippen molar-refractivity contribution in [1.82, 2.24) is 5.32 Å². The Hall–Kier alpha value is -4.24. The molecule has 9 heteroatoms. The van der Waals surface area contributed by atoms with Crippen molar-refractivity contribution in [3.63, 3.8) is 0 Å². The Kier molecular flexibility index (Phi) is 10.2. The van der Waals surface area contributed by atoms with E-state index in [1.807, 2.05) is 0 Å². The summed E-state index contributed by atoms with van der Waals surface area (Å²) in [6, 6.07) is 20.9. The van der Waals surface area contributed by atoms with Gasteiger partial charge in [0.2, 0.25) is 0 Å². The number of esters is 1. The van der Waals surface area contributed by atoms with E-state index in [0.29, 0.717) is 11.3 Å². The van der Waals surface area contributed by atoms with Crippen LogP contribution < -0.4 is 10.6 Å². The molecule has 0 saturated heterocycles. The number of hydrogen-bond acceptors (Lipinski definition) is 6. The molecule has 7 nitrogen and oxygen atoms in total. The Morgan fingerprint density at radius 1 is 0.919 bits per heavy atom. The molecule has 0 heterocycles. The van der Waals surface area contributed by atoms with Gasteiger partial charge in [-0.15, -0.1) is 11.8 Å². The van der Waals surface area contributed by atoms with Gasteiger partial charge < -0.3 is 15.4 Å². The third-order valence-electron chi connectivity index (χ3n) is 4.89. The number of nitrogens with one attached hydrogen (secondary N) is 2. The third kappa shape index (κ3) is 8.73. The van der Waals surface area contributed by atoms with E-state index in [0.717, 1.165) is 4.90 Å². The van der Waals surface area contributed by atoms with E-state index in [-0.39, 0.29) is 35.8 Å². The largest absolute Gasteiger partial charge is 0.466 e. The van der Waals surface area contributed by atoms with Crippen LogP contribution in [-0.2, 0) is 19.1 Å². The monoisotopic (exact) mass is 520 g/mol. The average Bonchev–Trinajstić information content (AvgIpc) is 2.89. The molecule has 0 fully saturated rings. The third-order valence-corrected chi connectivity index (χ3v) is 5.96. The molecular formula is C28H25FN2O5S. The molecule has 0 aliphatic heterocycles. The van der Waals surface area contributed by atoms with Crippen molar-refractivity contribution in [1.29, 1.82) is 0 Å². The summed E-state index contributed by atoms with van der Waals surface area (Å²) in [5.41, 5.74) is 0.774. The Labute approximate surface area is 218 Å². The molecule has 37 heavy (non-hydrogen) atoms. The lowest BCUT2D eigenvalue weighted by Crippen LogP contribution is -2.30. The van der Waals surface area contributed by atoms with E-state index in [1.54, 1.807) is 67.6 Å². The summed E-state index contributed by atoms with van der Waals surface area (Å²) in [7, 11) is 0. The van der Waals surface area contributed by atoms with Crippen LogP contribution in [-0.4, -0.2) is 35.9 Å². The lowest BCUT2D eigenvalue weighted by atomic mass is 10.1. The van der Waals surface area contributed by atoms with Crippen LogP contribution in [0.4, 0.5) is 10.1 Å². The maximum Gasteiger partial charge on any atom is 0.313 e. The van der Waals surface area contributed by atoms with Gasteiger partial charge in [0.25, 0.3) is 11.8 Å². The van der Waals surface area contributed by atoms with Gasteiger partial charge in [-0.3, -0.25) is 19.2 Å². The number of carbonyl (C=O) groups is 4. The second-order valence-corrected chi connectivity index (χ2v) is 8.74. The fraction of sp³-hybridized carbons (Fsp3) is 0.143. The van der Waals surface area contributed by atoms with E-state index >= 15 is 0 Å². The van der Waals surface area contributed by atoms with Crippen LogP contribution in [0.1, 0.15) is 29.3 Å². The maximum absolute atomic E-state index is 14.2. The van der Waals surface area contributed by atoms with Crippen molar-refractivity contribution in [2.75, 3.05) is 17.7 Å². The van der Waals surface area contributed by atoms with Gasteiger partial charge in [-0.25, -0.2) is 4.39 Å². The lowest BCUT2D eigenvalue weighted by Gasteiger charge is -2.12. The van der Waals surface area contributed by atoms with Gasteiger partial charge in [0, 0.05) is 21.7 Å². The number of halogens is 1. The van der Waals surface area contributed by atoms with Crippen molar-refractivity contribution in [2.24, 2.45) is 0 Å². The van der Waals surface area contributed by atoms with Crippen LogP contribution in [0.3, 0.4) is 0 Å². The average molecular weight is 521 g/mol. The zero-order valence-corrected chi connectivity index (χ0v) is 20.8. The summed E-state index contributed by atoms with van der Waals surface area (Å²) >= 11 is 1.25. The van der Waals surface area contributed by atoms with E-state index in [2.05, 4.69) is 10.6 Å². The van der Waals surface area contributed by atoms with Gasteiger partial charge >= 0.3 is 5.97 Å². The fourth-order valence-electron chi connectivity index (χ4n) is 3.11. The molecule has 0 unspecified atom stereocenters. The molecule has 2 N–H and O–H groups in total. The van der Waals surface area contributed by atoms with E-state index in [4.69, 9.17) is 4.74 Å². The molecule has 190 valence electrons. The molecule has 3 aromatic rings. The van der Waals surface area contributed by atoms with E-state index in [1.165, 1.54) is 36.0 Å². The van der Waals surface area contributed by atoms with Crippen molar-refractivity contribution in [3.8, 4) is 0 Å². The molecule has 0 radical (unpaired) electrons. The normalized spacial score (nSPS) is 10.9. The quantitative estimate of drug-likeness (QED) is 0.162. The van der Waals surface area contributed by atoms with Crippen LogP contribution in [0.15, 0.2) is 89.5 Å². The molecule has 0 aliphatic carbocycles. The summed E-state index contributed by atoms with van der Waals surface area (Å²) in [6.07, 6.45) is 0.992. The van der Waals surface area contributed by atoms with Crippen LogP contribution in [0.25, 0.3) is 6.08 Å². The zero-order valence-electron chi connectivity index (χ0n) is 20.0. The first-order valence-corrected chi connectivity index (χ1v) is 12.4. The molecule has 3 rings (SSSR count). The molecule has 0 aromatic heterocycles. The first kappa shape index (κ1) is 27.3. The first-order chi connectivity index (χ1) is 17.9. The number of ketones is 1. The highest BCUT2D eigenvalue weighted by atomic mass is 32.2. The summed E-state index contributed by atoms with van der Waals surface area (Å²) in [4.78, 5) is 49.8. The number of thioether (sulfide) groups is 1. The predicted molar refractivity (Wildman–Crippen MR) is 140 cm³/mol. The highest BCUT2D eigenvalue weighted by Crippen LogP contribution is 2.21. The minimum Gasteiger partial charge on any atom is -0.466 e. The van der Waals surface area contributed by atoms with Gasteiger partial charge in [0.15, 0.2) is 5.78 Å². The zero-order chi connectivity index (χ0) is 26.6. The Balaban J connectivity index is 1.69. The fourth-order valence-corrected chi connectivity index (χ4v) is 3.87. The van der Waals surface area contributed by atoms with Gasteiger partial charge in [-0.05, 0) is 55.5 Å². The molecule has 0 spiro atoms. The predicted octanol–water partition coefficient (Wildman–Crippen LogP) is 4.85. The van der Waals surface area contributed by atoms with Crippen LogP contribution in [0, 0.1) is 5.82 Å². The van der Waals surface area contributed by atoms with Gasteiger partial charge in [-0.1, -0.05) is 36.4 Å². The minimum atomic E-state index is -0.641.